The molecule has 4 unspecified atom stereocenters. The van der Waals surface area contributed by atoms with Gasteiger partial charge in [-0.3, -0.25) is 0 Å². The molecule has 4 atom stereocenters. The molecule has 2 fully saturated rings. The molecule has 0 aliphatic heterocycles. The standard InChI is InChI=1S/C14H24F2S/c1-13(9-5-3-7-11(13)15)17-14(2)10-6-4-8-12(14)16/h11-12H,3-10H2,1-2H3. The van der Waals surface area contributed by atoms with Crippen molar-refractivity contribution in [3.63, 3.8) is 0 Å². The van der Waals surface area contributed by atoms with Crippen molar-refractivity contribution in [3.05, 3.63) is 0 Å². The van der Waals surface area contributed by atoms with E-state index in [9.17, 15) is 8.78 Å². The summed E-state index contributed by atoms with van der Waals surface area (Å²) in [6.07, 6.45) is 5.79. The van der Waals surface area contributed by atoms with Gasteiger partial charge in [0.25, 0.3) is 0 Å². The zero-order valence-electron chi connectivity index (χ0n) is 11.0. The van der Waals surface area contributed by atoms with Gasteiger partial charge in [-0.05, 0) is 39.5 Å². The highest BCUT2D eigenvalue weighted by Gasteiger charge is 2.47. The molecule has 0 heterocycles. The van der Waals surface area contributed by atoms with Crippen LogP contribution in [0, 0.1) is 0 Å². The van der Waals surface area contributed by atoms with Crippen LogP contribution >= 0.6 is 11.8 Å². The minimum absolute atomic E-state index is 0.352. The molecule has 0 aromatic rings. The zero-order chi connectivity index (χ0) is 12.5. The van der Waals surface area contributed by atoms with Crippen molar-refractivity contribution in [2.45, 2.75) is 87.1 Å². The van der Waals surface area contributed by atoms with Crippen LogP contribution in [0.1, 0.15) is 65.2 Å². The summed E-state index contributed by atoms with van der Waals surface area (Å²) in [4.78, 5) is 0. The summed E-state index contributed by atoms with van der Waals surface area (Å²) < 4.78 is 27.6. The van der Waals surface area contributed by atoms with Crippen molar-refractivity contribution in [2.75, 3.05) is 0 Å². The highest BCUT2D eigenvalue weighted by molar-refractivity contribution is 8.02. The normalized spacial score (nSPS) is 48.0. The van der Waals surface area contributed by atoms with Gasteiger partial charge in [-0.1, -0.05) is 25.7 Å². The van der Waals surface area contributed by atoms with E-state index in [4.69, 9.17) is 0 Å². The number of thioether (sulfide) groups is 1. The lowest BCUT2D eigenvalue weighted by Gasteiger charge is -2.46. The second-order valence-electron chi connectivity index (χ2n) is 6.15. The molecule has 0 bridgehead atoms. The van der Waals surface area contributed by atoms with E-state index in [2.05, 4.69) is 0 Å². The van der Waals surface area contributed by atoms with Gasteiger partial charge in [0.05, 0.1) is 0 Å². The summed E-state index contributed by atoms with van der Waals surface area (Å²) in [7, 11) is 0. The molecule has 0 saturated heterocycles. The first-order valence-corrected chi connectivity index (χ1v) is 7.76. The predicted octanol–water partition coefficient (Wildman–Crippen LogP) is 5.06. The average Bonchev–Trinajstić information content (AvgIpc) is 2.27. The Kier molecular flexibility index (Phi) is 4.06. The predicted molar refractivity (Wildman–Crippen MR) is 71.1 cm³/mol. The Labute approximate surface area is 108 Å². The first-order valence-electron chi connectivity index (χ1n) is 6.95. The lowest BCUT2D eigenvalue weighted by Crippen LogP contribution is -2.45. The minimum Gasteiger partial charge on any atom is -0.246 e. The number of halogens is 2. The number of hydrogen-bond acceptors (Lipinski definition) is 1. The Hall–Kier alpha value is 0.210. The van der Waals surface area contributed by atoms with Crippen LogP contribution in [-0.4, -0.2) is 21.8 Å². The molecule has 2 aliphatic rings. The Balaban J connectivity index is 2.07. The summed E-state index contributed by atoms with van der Waals surface area (Å²) in [5.74, 6) is 0. The number of hydrogen-bond donors (Lipinski definition) is 0. The van der Waals surface area contributed by atoms with Gasteiger partial charge in [-0.15, -0.1) is 11.8 Å². The largest absolute Gasteiger partial charge is 0.246 e. The molecule has 2 aliphatic carbocycles. The van der Waals surface area contributed by atoms with Crippen molar-refractivity contribution >= 4 is 11.8 Å². The van der Waals surface area contributed by atoms with Gasteiger partial charge in [-0.2, -0.15) is 0 Å². The summed E-state index contributed by atoms with van der Waals surface area (Å²) in [6, 6.07) is 0. The van der Waals surface area contributed by atoms with Crippen molar-refractivity contribution in [2.24, 2.45) is 0 Å². The third-order valence-electron chi connectivity index (χ3n) is 4.55. The third kappa shape index (κ3) is 2.80. The summed E-state index contributed by atoms with van der Waals surface area (Å²) in [6.45, 7) is 4.02. The Bertz CT molecular complexity index is 245. The maximum atomic E-state index is 14.1. The van der Waals surface area contributed by atoms with Crippen LogP contribution < -0.4 is 0 Å². The van der Waals surface area contributed by atoms with Crippen LogP contribution in [-0.2, 0) is 0 Å². The Morgan fingerprint density at radius 3 is 1.59 bits per heavy atom. The van der Waals surface area contributed by atoms with Crippen LogP contribution in [0.15, 0.2) is 0 Å². The third-order valence-corrected chi connectivity index (χ3v) is 6.41. The average molecular weight is 262 g/mol. The van der Waals surface area contributed by atoms with Gasteiger partial charge in [0, 0.05) is 9.49 Å². The molecule has 0 nitrogen and oxygen atoms in total. The van der Waals surface area contributed by atoms with Crippen molar-refractivity contribution in [3.8, 4) is 0 Å². The van der Waals surface area contributed by atoms with Crippen LogP contribution in [0.5, 0.6) is 0 Å². The van der Waals surface area contributed by atoms with Crippen LogP contribution in [0.4, 0.5) is 8.78 Å². The van der Waals surface area contributed by atoms with Gasteiger partial charge in [0.2, 0.25) is 0 Å². The second-order valence-corrected chi connectivity index (χ2v) is 8.22. The lowest BCUT2D eigenvalue weighted by atomic mass is 9.87. The van der Waals surface area contributed by atoms with Crippen LogP contribution in [0.2, 0.25) is 0 Å². The minimum atomic E-state index is -0.757. The van der Waals surface area contributed by atoms with E-state index < -0.39 is 12.3 Å². The van der Waals surface area contributed by atoms with Gasteiger partial charge in [-0.25, -0.2) is 8.78 Å². The van der Waals surface area contributed by atoms with Crippen molar-refractivity contribution in [1.82, 2.24) is 0 Å². The summed E-state index contributed by atoms with van der Waals surface area (Å²) in [5, 5.41) is 0. The fraction of sp³-hybridized carbons (Fsp3) is 1.00. The molecule has 100 valence electrons. The van der Waals surface area contributed by atoms with Gasteiger partial charge >= 0.3 is 0 Å². The van der Waals surface area contributed by atoms with E-state index >= 15 is 0 Å². The van der Waals surface area contributed by atoms with Gasteiger partial charge < -0.3 is 0 Å². The molecule has 0 N–H and O–H groups in total. The molecule has 3 heteroatoms. The molecule has 0 aromatic carbocycles. The molecule has 0 radical (unpaired) electrons. The molecule has 0 amide bonds. The Morgan fingerprint density at radius 1 is 0.824 bits per heavy atom. The molecular formula is C14H24F2S. The van der Waals surface area contributed by atoms with Crippen LogP contribution in [0.25, 0.3) is 0 Å². The van der Waals surface area contributed by atoms with Crippen molar-refractivity contribution < 1.29 is 8.78 Å². The molecule has 17 heavy (non-hydrogen) atoms. The number of rotatable bonds is 2. The summed E-state index contributed by atoms with van der Waals surface area (Å²) in [5.41, 5.74) is 0. The quantitative estimate of drug-likeness (QED) is 0.670. The highest BCUT2D eigenvalue weighted by atomic mass is 32.2. The SMILES string of the molecule is CC1(SC2(C)CCCCC2F)CCCCC1F. The van der Waals surface area contributed by atoms with E-state index in [-0.39, 0.29) is 9.49 Å². The van der Waals surface area contributed by atoms with E-state index in [1.54, 1.807) is 11.8 Å². The van der Waals surface area contributed by atoms with Crippen molar-refractivity contribution in [1.29, 1.82) is 0 Å². The fourth-order valence-electron chi connectivity index (χ4n) is 3.29. The van der Waals surface area contributed by atoms with Gasteiger partial charge in [0.1, 0.15) is 12.3 Å². The van der Waals surface area contributed by atoms with E-state index in [0.29, 0.717) is 12.8 Å². The summed E-state index contributed by atoms with van der Waals surface area (Å²) >= 11 is 1.61. The highest BCUT2D eigenvalue weighted by Crippen LogP contribution is 2.52. The topological polar surface area (TPSA) is 0 Å². The van der Waals surface area contributed by atoms with E-state index in [1.165, 1.54) is 0 Å². The molecule has 2 rings (SSSR count). The zero-order valence-corrected chi connectivity index (χ0v) is 11.8. The molecular weight excluding hydrogens is 238 g/mol. The molecule has 2 saturated carbocycles. The number of alkyl halides is 2. The maximum absolute atomic E-state index is 14.1. The van der Waals surface area contributed by atoms with E-state index in [1.807, 2.05) is 13.8 Å². The van der Waals surface area contributed by atoms with Gasteiger partial charge in [0.15, 0.2) is 0 Å². The second kappa shape index (κ2) is 5.07. The maximum Gasteiger partial charge on any atom is 0.114 e. The molecule has 0 aromatic heterocycles. The Morgan fingerprint density at radius 2 is 1.24 bits per heavy atom. The van der Waals surface area contributed by atoms with E-state index in [0.717, 1.165) is 38.5 Å². The fourth-order valence-corrected chi connectivity index (χ4v) is 5.34. The van der Waals surface area contributed by atoms with Crippen LogP contribution in [0.3, 0.4) is 0 Å². The lowest BCUT2D eigenvalue weighted by molar-refractivity contribution is 0.184. The molecule has 0 spiro atoms. The first kappa shape index (κ1) is 13.6. The smallest absolute Gasteiger partial charge is 0.114 e. The monoisotopic (exact) mass is 262 g/mol. The first-order chi connectivity index (χ1) is 7.96.